The molecular weight excluding hydrogens is 400 g/mol. The Morgan fingerprint density at radius 1 is 1.23 bits per heavy atom. The van der Waals surface area contributed by atoms with E-state index in [4.69, 9.17) is 10.2 Å². The lowest BCUT2D eigenvalue weighted by atomic mass is 10.1. The maximum Gasteiger partial charge on any atom is 0.251 e. The van der Waals surface area contributed by atoms with Crippen molar-refractivity contribution in [1.29, 1.82) is 0 Å². The molecule has 2 aromatic heterocycles. The summed E-state index contributed by atoms with van der Waals surface area (Å²) in [7, 11) is 0. The number of carbonyl (C=O) groups excluding carboxylic acids is 1. The Labute approximate surface area is 179 Å². The minimum atomic E-state index is -0.150. The van der Waals surface area contributed by atoms with Crippen LogP contribution in [0.15, 0.2) is 63.6 Å². The molecule has 3 N–H and O–H groups in total. The number of benzene rings is 1. The third-order valence-electron chi connectivity index (χ3n) is 4.91. The number of aromatic nitrogens is 1. The molecule has 1 aromatic carbocycles. The molecular formula is C21H24N6O2S. The molecule has 9 heteroatoms. The highest BCUT2D eigenvalue weighted by Gasteiger charge is 2.19. The molecule has 8 nitrogen and oxygen atoms in total. The summed E-state index contributed by atoms with van der Waals surface area (Å²) in [6.07, 6.45) is 3.41. The lowest BCUT2D eigenvalue weighted by molar-refractivity contribution is 0.0948. The zero-order chi connectivity index (χ0) is 20.8. The zero-order valence-corrected chi connectivity index (χ0v) is 17.3. The van der Waals surface area contributed by atoms with E-state index in [1.165, 1.54) is 0 Å². The van der Waals surface area contributed by atoms with Crippen molar-refractivity contribution in [2.24, 2.45) is 10.7 Å². The van der Waals surface area contributed by atoms with E-state index < -0.39 is 0 Å². The molecule has 1 aliphatic rings. The van der Waals surface area contributed by atoms with Gasteiger partial charge in [0.25, 0.3) is 5.91 Å². The van der Waals surface area contributed by atoms with Crippen LogP contribution in [-0.2, 0) is 13.1 Å². The maximum absolute atomic E-state index is 12.4. The number of piperazine rings is 1. The number of hydrogen-bond acceptors (Lipinski definition) is 6. The van der Waals surface area contributed by atoms with Gasteiger partial charge >= 0.3 is 0 Å². The fourth-order valence-electron chi connectivity index (χ4n) is 3.26. The summed E-state index contributed by atoms with van der Waals surface area (Å²) in [6.45, 7) is 4.14. The number of nitrogens with one attached hydrogen (secondary N) is 1. The minimum Gasteiger partial charge on any atom is -0.467 e. The molecule has 0 aliphatic carbocycles. The molecule has 1 amide bonds. The van der Waals surface area contributed by atoms with Crippen molar-refractivity contribution < 1.29 is 9.21 Å². The second-order valence-electron chi connectivity index (χ2n) is 6.93. The summed E-state index contributed by atoms with van der Waals surface area (Å²) >= 11 is 1.65. The number of anilines is 1. The van der Waals surface area contributed by atoms with Crippen molar-refractivity contribution in [3.05, 3.63) is 71.1 Å². The number of guanidine groups is 1. The van der Waals surface area contributed by atoms with Crippen molar-refractivity contribution in [2.45, 2.75) is 13.1 Å². The van der Waals surface area contributed by atoms with E-state index in [0.29, 0.717) is 30.4 Å². The molecule has 0 bridgehead atoms. The van der Waals surface area contributed by atoms with Crippen LogP contribution in [0.1, 0.15) is 21.7 Å². The van der Waals surface area contributed by atoms with Crippen LogP contribution in [0.5, 0.6) is 0 Å². The first-order valence-corrected chi connectivity index (χ1v) is 10.7. The number of hydrogen-bond donors (Lipinski definition) is 2. The maximum atomic E-state index is 12.4. The first-order valence-electron chi connectivity index (χ1n) is 9.78. The van der Waals surface area contributed by atoms with Crippen LogP contribution >= 0.6 is 11.3 Å². The number of nitrogens with zero attached hydrogens (tertiary/aromatic N) is 4. The van der Waals surface area contributed by atoms with Crippen LogP contribution in [0.25, 0.3) is 0 Å². The topological polar surface area (TPSA) is 100.0 Å². The van der Waals surface area contributed by atoms with Crippen molar-refractivity contribution in [1.82, 2.24) is 15.2 Å². The van der Waals surface area contributed by atoms with Crippen molar-refractivity contribution >= 4 is 28.3 Å². The van der Waals surface area contributed by atoms with Crippen LogP contribution in [0.4, 0.5) is 5.13 Å². The molecule has 1 aliphatic heterocycles. The molecule has 3 heterocycles. The monoisotopic (exact) mass is 424 g/mol. The van der Waals surface area contributed by atoms with Gasteiger partial charge in [0.05, 0.1) is 19.4 Å². The quantitative estimate of drug-likeness (QED) is 0.465. The molecule has 0 spiro atoms. The number of furan rings is 1. The van der Waals surface area contributed by atoms with Crippen LogP contribution in [0, 0.1) is 0 Å². The van der Waals surface area contributed by atoms with Gasteiger partial charge < -0.3 is 25.3 Å². The largest absolute Gasteiger partial charge is 0.467 e. The van der Waals surface area contributed by atoms with Gasteiger partial charge in [0.1, 0.15) is 5.76 Å². The third kappa shape index (κ3) is 4.98. The van der Waals surface area contributed by atoms with Gasteiger partial charge in [-0.2, -0.15) is 0 Å². The van der Waals surface area contributed by atoms with E-state index in [-0.39, 0.29) is 5.91 Å². The first-order chi connectivity index (χ1) is 14.7. The average Bonchev–Trinajstić information content (AvgIpc) is 3.50. The molecule has 0 saturated carbocycles. The third-order valence-corrected chi connectivity index (χ3v) is 5.74. The molecule has 0 unspecified atom stereocenters. The number of aliphatic imine (C=N–C) groups is 1. The lowest BCUT2D eigenvalue weighted by Gasteiger charge is -2.35. The number of amides is 1. The van der Waals surface area contributed by atoms with E-state index >= 15 is 0 Å². The van der Waals surface area contributed by atoms with Crippen LogP contribution in [0.3, 0.4) is 0 Å². The van der Waals surface area contributed by atoms with Gasteiger partial charge in [-0.25, -0.2) is 9.98 Å². The van der Waals surface area contributed by atoms with E-state index in [2.05, 4.69) is 25.1 Å². The van der Waals surface area contributed by atoms with Gasteiger partial charge in [-0.05, 0) is 29.8 Å². The van der Waals surface area contributed by atoms with Gasteiger partial charge in [-0.3, -0.25) is 4.79 Å². The summed E-state index contributed by atoms with van der Waals surface area (Å²) in [5.41, 5.74) is 7.74. The summed E-state index contributed by atoms with van der Waals surface area (Å²) in [5.74, 6) is 1.09. The minimum absolute atomic E-state index is 0.150. The SMILES string of the molecule is NC(=NCc1cccc(C(=O)NCc2ccco2)c1)N1CCN(c2nccs2)CC1. The van der Waals surface area contributed by atoms with Gasteiger partial charge in [-0.1, -0.05) is 12.1 Å². The summed E-state index contributed by atoms with van der Waals surface area (Å²) < 4.78 is 5.24. The second-order valence-corrected chi connectivity index (χ2v) is 7.80. The Hall–Kier alpha value is -3.33. The Morgan fingerprint density at radius 3 is 2.83 bits per heavy atom. The van der Waals surface area contributed by atoms with E-state index in [1.54, 1.807) is 29.7 Å². The fourth-order valence-corrected chi connectivity index (χ4v) is 3.96. The van der Waals surface area contributed by atoms with Crippen molar-refractivity contribution in [2.75, 3.05) is 31.1 Å². The molecule has 4 rings (SSSR count). The Kier molecular flexibility index (Phi) is 6.29. The number of thiazole rings is 1. The Morgan fingerprint density at radius 2 is 2.10 bits per heavy atom. The molecule has 1 saturated heterocycles. The van der Waals surface area contributed by atoms with Gasteiger partial charge in [0.15, 0.2) is 11.1 Å². The second kappa shape index (κ2) is 9.45. The molecule has 0 radical (unpaired) electrons. The van der Waals surface area contributed by atoms with Gasteiger partial charge in [-0.15, -0.1) is 11.3 Å². The molecule has 0 atom stereocenters. The fraction of sp³-hybridized carbons (Fsp3) is 0.286. The van der Waals surface area contributed by atoms with Crippen LogP contribution < -0.4 is 16.0 Å². The number of carbonyl (C=O) groups is 1. The standard InChI is InChI=1S/C21H24N6O2S/c22-20(26-7-9-27(10-8-26)21-23-6-12-30-21)25-14-16-3-1-4-17(13-16)19(28)24-15-18-5-2-11-29-18/h1-6,11-13H,7-10,14-15H2,(H2,22,25)(H,24,28). The Bertz CT molecular complexity index is 979. The van der Waals surface area contributed by atoms with Crippen molar-refractivity contribution in [3.8, 4) is 0 Å². The summed E-state index contributed by atoms with van der Waals surface area (Å²) in [4.78, 5) is 25.6. The zero-order valence-electron chi connectivity index (χ0n) is 16.5. The smallest absolute Gasteiger partial charge is 0.251 e. The van der Waals surface area contributed by atoms with Crippen LogP contribution in [-0.4, -0.2) is 47.9 Å². The predicted molar refractivity (Wildman–Crippen MR) is 118 cm³/mol. The van der Waals surface area contributed by atoms with Crippen molar-refractivity contribution in [3.63, 3.8) is 0 Å². The van der Waals surface area contributed by atoms with E-state index in [0.717, 1.165) is 36.9 Å². The summed E-state index contributed by atoms with van der Waals surface area (Å²) in [6, 6.07) is 11.0. The van der Waals surface area contributed by atoms with E-state index in [1.807, 2.05) is 35.8 Å². The van der Waals surface area contributed by atoms with E-state index in [9.17, 15) is 4.79 Å². The molecule has 3 aromatic rings. The first kappa shape index (κ1) is 20.0. The van der Waals surface area contributed by atoms with Gasteiger partial charge in [0.2, 0.25) is 0 Å². The van der Waals surface area contributed by atoms with Gasteiger partial charge in [0, 0.05) is 43.3 Å². The normalized spacial score (nSPS) is 14.7. The summed E-state index contributed by atoms with van der Waals surface area (Å²) in [5, 5.41) is 5.89. The lowest BCUT2D eigenvalue weighted by Crippen LogP contribution is -2.51. The Balaban J connectivity index is 1.30. The molecule has 30 heavy (non-hydrogen) atoms. The van der Waals surface area contributed by atoms with Crippen LogP contribution in [0.2, 0.25) is 0 Å². The predicted octanol–water partition coefficient (Wildman–Crippen LogP) is 2.30. The highest BCUT2D eigenvalue weighted by Crippen LogP contribution is 2.18. The number of nitrogens with two attached hydrogens (primary N) is 1. The molecule has 1 fully saturated rings. The number of rotatable bonds is 6. The highest BCUT2D eigenvalue weighted by atomic mass is 32.1. The average molecular weight is 425 g/mol. The highest BCUT2D eigenvalue weighted by molar-refractivity contribution is 7.13. The molecule has 156 valence electrons.